The highest BCUT2D eigenvalue weighted by molar-refractivity contribution is 6.30. The number of benzene rings is 3. The summed E-state index contributed by atoms with van der Waals surface area (Å²) in [4.78, 5) is 12.2. The van der Waals surface area contributed by atoms with Crippen LogP contribution < -0.4 is 10.2 Å². The van der Waals surface area contributed by atoms with Crippen molar-refractivity contribution in [3.05, 3.63) is 118 Å². The van der Waals surface area contributed by atoms with E-state index in [0.717, 1.165) is 34.0 Å². The fraction of sp³-hybridized carbons (Fsp3) is 0.111. The molecule has 3 aromatic carbocycles. The van der Waals surface area contributed by atoms with Gasteiger partial charge >= 0.3 is 0 Å². The minimum atomic E-state index is -0.307. The van der Waals surface area contributed by atoms with E-state index < -0.39 is 0 Å². The molecule has 0 aliphatic carbocycles. The Labute approximate surface area is 202 Å². The summed E-state index contributed by atoms with van der Waals surface area (Å²) in [6.45, 7) is 4.37. The van der Waals surface area contributed by atoms with E-state index in [1.165, 1.54) is 12.1 Å². The predicted octanol–water partition coefficient (Wildman–Crippen LogP) is 6.23. The zero-order chi connectivity index (χ0) is 24.1. The number of hydrazone groups is 1. The van der Waals surface area contributed by atoms with E-state index in [0.29, 0.717) is 17.2 Å². The molecule has 0 spiro atoms. The monoisotopic (exact) mass is 475 g/mol. The van der Waals surface area contributed by atoms with E-state index in [4.69, 9.17) is 16.3 Å². The third-order valence-corrected chi connectivity index (χ3v) is 5.61. The van der Waals surface area contributed by atoms with Crippen LogP contribution in [0.3, 0.4) is 0 Å². The van der Waals surface area contributed by atoms with Crippen molar-refractivity contribution in [1.82, 2.24) is 9.99 Å². The lowest BCUT2D eigenvalue weighted by Gasteiger charge is -2.11. The number of hydrogen-bond acceptors (Lipinski definition) is 3. The first kappa shape index (κ1) is 23.3. The first-order valence-electron chi connectivity index (χ1n) is 10.7. The molecule has 172 valence electrons. The van der Waals surface area contributed by atoms with Crippen LogP contribution in [0.15, 0.2) is 84.0 Å². The van der Waals surface area contributed by atoms with Crippen LogP contribution in [0.1, 0.15) is 32.9 Å². The Kier molecular flexibility index (Phi) is 7.09. The molecule has 1 amide bonds. The van der Waals surface area contributed by atoms with E-state index in [2.05, 4.69) is 15.1 Å². The molecule has 0 saturated heterocycles. The minimum absolute atomic E-state index is 0.265. The van der Waals surface area contributed by atoms with Crippen LogP contribution in [-0.2, 0) is 6.61 Å². The number of ether oxygens (including phenoxy) is 1. The number of rotatable bonds is 7. The molecule has 0 aliphatic heterocycles. The minimum Gasteiger partial charge on any atom is -0.489 e. The fourth-order valence-corrected chi connectivity index (χ4v) is 3.71. The molecule has 0 radical (unpaired) electrons. The Bertz CT molecular complexity index is 1310. The first-order valence-corrected chi connectivity index (χ1v) is 11.0. The maximum Gasteiger partial charge on any atom is 0.271 e. The smallest absolute Gasteiger partial charge is 0.271 e. The predicted molar refractivity (Wildman–Crippen MR) is 132 cm³/mol. The topological polar surface area (TPSA) is 55.6 Å². The second kappa shape index (κ2) is 10.4. The second-order valence-corrected chi connectivity index (χ2v) is 8.21. The van der Waals surface area contributed by atoms with Crippen LogP contribution in [0.2, 0.25) is 5.02 Å². The molecule has 4 rings (SSSR count). The van der Waals surface area contributed by atoms with Crippen molar-refractivity contribution in [3.8, 4) is 11.4 Å². The third kappa shape index (κ3) is 5.53. The molecule has 7 heteroatoms. The van der Waals surface area contributed by atoms with Crippen LogP contribution in [0.25, 0.3) is 5.69 Å². The number of aromatic nitrogens is 1. The summed E-state index contributed by atoms with van der Waals surface area (Å²) < 4.78 is 20.9. The Hall–Kier alpha value is -3.90. The largest absolute Gasteiger partial charge is 0.489 e. The standard InChI is InChI=1S/C27H23ClFN3O2/c1-18-15-22(16-30-31-27(33)21-5-7-23(28)8-6-21)19(2)32(18)25-11-13-26(14-12-25)34-17-20-3-9-24(29)10-4-20/h3-16H,17H2,1-2H3,(H,31,33)/b30-16-. The average molecular weight is 476 g/mol. The van der Waals surface area contributed by atoms with Crippen LogP contribution >= 0.6 is 11.6 Å². The summed E-state index contributed by atoms with van der Waals surface area (Å²) in [6.07, 6.45) is 1.63. The number of hydrogen-bond donors (Lipinski definition) is 1. The van der Waals surface area contributed by atoms with Crippen molar-refractivity contribution >= 4 is 23.7 Å². The summed E-state index contributed by atoms with van der Waals surface area (Å²) in [5.74, 6) is 0.152. The van der Waals surface area contributed by atoms with Gasteiger partial charge in [-0.1, -0.05) is 23.7 Å². The quantitative estimate of drug-likeness (QED) is 0.254. The third-order valence-electron chi connectivity index (χ3n) is 5.36. The molecule has 0 saturated carbocycles. The lowest BCUT2D eigenvalue weighted by molar-refractivity contribution is 0.0955. The SMILES string of the molecule is Cc1cc(/C=N\NC(=O)c2ccc(Cl)cc2)c(C)n1-c1ccc(OCc2ccc(F)cc2)cc1. The van der Waals surface area contributed by atoms with Gasteiger partial charge < -0.3 is 9.30 Å². The van der Waals surface area contributed by atoms with Gasteiger partial charge in [-0.3, -0.25) is 4.79 Å². The number of nitrogens with zero attached hydrogens (tertiary/aromatic N) is 2. The Morgan fingerprint density at radius 2 is 1.71 bits per heavy atom. The molecule has 4 aromatic rings. The van der Waals surface area contributed by atoms with Gasteiger partial charge in [0.2, 0.25) is 0 Å². The Morgan fingerprint density at radius 3 is 2.38 bits per heavy atom. The summed E-state index contributed by atoms with van der Waals surface area (Å²) >= 11 is 5.86. The van der Waals surface area contributed by atoms with Crippen LogP contribution in [-0.4, -0.2) is 16.7 Å². The van der Waals surface area contributed by atoms with Crippen LogP contribution in [0.4, 0.5) is 4.39 Å². The van der Waals surface area contributed by atoms with Gasteiger partial charge in [-0.25, -0.2) is 9.82 Å². The molecule has 0 atom stereocenters. The normalized spacial score (nSPS) is 11.1. The van der Waals surface area contributed by atoms with E-state index in [1.807, 2.05) is 44.2 Å². The summed E-state index contributed by atoms with van der Waals surface area (Å²) in [7, 11) is 0. The van der Waals surface area contributed by atoms with Gasteiger partial charge in [0.15, 0.2) is 0 Å². The molecular weight excluding hydrogens is 453 g/mol. The highest BCUT2D eigenvalue weighted by Gasteiger charge is 2.10. The Balaban J connectivity index is 1.42. The Morgan fingerprint density at radius 1 is 1.03 bits per heavy atom. The van der Waals surface area contributed by atoms with Crippen molar-refractivity contribution in [2.45, 2.75) is 20.5 Å². The van der Waals surface area contributed by atoms with Crippen molar-refractivity contribution in [3.63, 3.8) is 0 Å². The van der Waals surface area contributed by atoms with E-state index in [9.17, 15) is 9.18 Å². The van der Waals surface area contributed by atoms with Gasteiger partial charge in [-0.15, -0.1) is 0 Å². The van der Waals surface area contributed by atoms with Gasteiger partial charge in [0.05, 0.1) is 6.21 Å². The number of aryl methyl sites for hydroxylation is 1. The van der Waals surface area contributed by atoms with E-state index in [1.54, 1.807) is 42.6 Å². The summed E-state index contributed by atoms with van der Waals surface area (Å²) in [5.41, 5.74) is 7.81. The molecular formula is C27H23ClFN3O2. The maximum absolute atomic E-state index is 13.0. The lowest BCUT2D eigenvalue weighted by atomic mass is 10.2. The molecule has 5 nitrogen and oxygen atoms in total. The fourth-order valence-electron chi connectivity index (χ4n) is 3.58. The maximum atomic E-state index is 13.0. The van der Waals surface area contributed by atoms with Gasteiger partial charge in [0, 0.05) is 33.2 Å². The number of nitrogens with one attached hydrogen (secondary N) is 1. The first-order chi connectivity index (χ1) is 16.4. The number of halogens is 2. The summed E-state index contributed by atoms with van der Waals surface area (Å²) in [5, 5.41) is 4.68. The number of carbonyl (C=O) groups is 1. The highest BCUT2D eigenvalue weighted by Crippen LogP contribution is 2.22. The van der Waals surface area contributed by atoms with Gasteiger partial charge in [-0.2, -0.15) is 5.10 Å². The van der Waals surface area contributed by atoms with Crippen LogP contribution in [0, 0.1) is 19.7 Å². The molecule has 1 heterocycles. The van der Waals surface area contributed by atoms with Crippen molar-refractivity contribution in [2.75, 3.05) is 0 Å². The van der Waals surface area contributed by atoms with Crippen molar-refractivity contribution < 1.29 is 13.9 Å². The average Bonchev–Trinajstić information content (AvgIpc) is 3.12. The second-order valence-electron chi connectivity index (χ2n) is 7.78. The van der Waals surface area contributed by atoms with Gasteiger partial charge in [0.1, 0.15) is 18.2 Å². The van der Waals surface area contributed by atoms with Gasteiger partial charge in [-0.05, 0) is 86.1 Å². The molecule has 0 fully saturated rings. The zero-order valence-electron chi connectivity index (χ0n) is 18.8. The molecule has 34 heavy (non-hydrogen) atoms. The van der Waals surface area contributed by atoms with Crippen molar-refractivity contribution in [2.24, 2.45) is 5.10 Å². The number of carbonyl (C=O) groups excluding carboxylic acids is 1. The number of amides is 1. The summed E-state index contributed by atoms with van der Waals surface area (Å²) in [6, 6.07) is 22.6. The highest BCUT2D eigenvalue weighted by atomic mass is 35.5. The molecule has 0 unspecified atom stereocenters. The molecule has 0 bridgehead atoms. The van der Waals surface area contributed by atoms with Crippen molar-refractivity contribution in [1.29, 1.82) is 0 Å². The lowest BCUT2D eigenvalue weighted by Crippen LogP contribution is -2.17. The van der Waals surface area contributed by atoms with E-state index in [-0.39, 0.29) is 11.7 Å². The molecule has 1 N–H and O–H groups in total. The molecule has 0 aliphatic rings. The zero-order valence-corrected chi connectivity index (χ0v) is 19.5. The van der Waals surface area contributed by atoms with Crippen LogP contribution in [0.5, 0.6) is 5.75 Å². The molecule has 1 aromatic heterocycles. The van der Waals surface area contributed by atoms with E-state index >= 15 is 0 Å². The van der Waals surface area contributed by atoms with Gasteiger partial charge in [0.25, 0.3) is 5.91 Å².